The van der Waals surface area contributed by atoms with Crippen molar-refractivity contribution in [3.05, 3.63) is 29.8 Å². The summed E-state index contributed by atoms with van der Waals surface area (Å²) in [6.07, 6.45) is 1.92. The molecule has 0 heterocycles. The second-order valence-corrected chi connectivity index (χ2v) is 5.93. The van der Waals surface area contributed by atoms with E-state index >= 15 is 0 Å². The van der Waals surface area contributed by atoms with Gasteiger partial charge in [0.2, 0.25) is 5.91 Å². The first-order valence-electron chi connectivity index (χ1n) is 7.04. The van der Waals surface area contributed by atoms with Crippen LogP contribution < -0.4 is 11.1 Å². The first-order valence-corrected chi connectivity index (χ1v) is 7.04. The number of rotatable bonds is 6. The summed E-state index contributed by atoms with van der Waals surface area (Å²) in [6, 6.07) is 8.16. The Morgan fingerprint density at radius 1 is 1.16 bits per heavy atom. The fourth-order valence-electron chi connectivity index (χ4n) is 2.00. The third kappa shape index (κ3) is 5.88. The summed E-state index contributed by atoms with van der Waals surface area (Å²) in [5.74, 6) is 0.669. The molecular formula is C16H26N2O. The van der Waals surface area contributed by atoms with Crippen LogP contribution in [0.25, 0.3) is 0 Å². The SMILES string of the molecule is CC(C)CC(N)Cc1ccc(NC(=O)C(C)C)cc1. The molecule has 0 saturated carbocycles. The molecule has 19 heavy (non-hydrogen) atoms. The summed E-state index contributed by atoms with van der Waals surface area (Å²) < 4.78 is 0. The second-order valence-electron chi connectivity index (χ2n) is 5.93. The number of benzene rings is 1. The maximum atomic E-state index is 11.6. The van der Waals surface area contributed by atoms with Crippen LogP contribution in [0.2, 0.25) is 0 Å². The van der Waals surface area contributed by atoms with Gasteiger partial charge in [-0.2, -0.15) is 0 Å². The van der Waals surface area contributed by atoms with Crippen LogP contribution in [-0.2, 0) is 11.2 Å². The molecule has 0 aliphatic rings. The summed E-state index contributed by atoms with van der Waals surface area (Å²) in [4.78, 5) is 11.6. The molecule has 1 rings (SSSR count). The van der Waals surface area contributed by atoms with E-state index in [9.17, 15) is 4.79 Å². The summed E-state index contributed by atoms with van der Waals surface area (Å²) >= 11 is 0. The zero-order valence-electron chi connectivity index (χ0n) is 12.4. The highest BCUT2D eigenvalue weighted by Gasteiger charge is 2.08. The predicted molar refractivity (Wildman–Crippen MR) is 81.0 cm³/mol. The first-order chi connectivity index (χ1) is 8.88. The molecule has 3 heteroatoms. The fourth-order valence-corrected chi connectivity index (χ4v) is 2.00. The van der Waals surface area contributed by atoms with Crippen molar-refractivity contribution in [1.29, 1.82) is 0 Å². The second kappa shape index (κ2) is 7.29. The number of nitrogens with one attached hydrogen (secondary N) is 1. The van der Waals surface area contributed by atoms with E-state index in [1.165, 1.54) is 5.56 Å². The number of carbonyl (C=O) groups excluding carboxylic acids is 1. The van der Waals surface area contributed by atoms with Crippen LogP contribution in [-0.4, -0.2) is 11.9 Å². The molecule has 0 saturated heterocycles. The Bertz CT molecular complexity index is 396. The molecule has 0 radical (unpaired) electrons. The molecule has 1 amide bonds. The van der Waals surface area contributed by atoms with Crippen molar-refractivity contribution in [1.82, 2.24) is 0 Å². The van der Waals surface area contributed by atoms with E-state index in [0.29, 0.717) is 5.92 Å². The normalized spacial score (nSPS) is 12.8. The van der Waals surface area contributed by atoms with Crippen molar-refractivity contribution >= 4 is 11.6 Å². The molecule has 1 unspecified atom stereocenters. The van der Waals surface area contributed by atoms with Crippen LogP contribution in [0.1, 0.15) is 39.7 Å². The van der Waals surface area contributed by atoms with Gasteiger partial charge < -0.3 is 11.1 Å². The topological polar surface area (TPSA) is 55.1 Å². The average molecular weight is 262 g/mol. The molecule has 0 spiro atoms. The van der Waals surface area contributed by atoms with Crippen molar-refractivity contribution < 1.29 is 4.79 Å². The van der Waals surface area contributed by atoms with Gasteiger partial charge in [-0.25, -0.2) is 0 Å². The number of hydrogen-bond donors (Lipinski definition) is 2. The maximum absolute atomic E-state index is 11.6. The molecular weight excluding hydrogens is 236 g/mol. The van der Waals surface area contributed by atoms with E-state index in [1.54, 1.807) is 0 Å². The third-order valence-corrected chi connectivity index (χ3v) is 3.02. The Balaban J connectivity index is 2.54. The van der Waals surface area contributed by atoms with Crippen LogP contribution in [0.15, 0.2) is 24.3 Å². The lowest BCUT2D eigenvalue weighted by Crippen LogP contribution is -2.24. The maximum Gasteiger partial charge on any atom is 0.226 e. The van der Waals surface area contributed by atoms with Gasteiger partial charge in [0.15, 0.2) is 0 Å². The monoisotopic (exact) mass is 262 g/mol. The predicted octanol–water partition coefficient (Wildman–Crippen LogP) is 3.20. The van der Waals surface area contributed by atoms with Crippen molar-refractivity contribution in [2.75, 3.05) is 5.32 Å². The van der Waals surface area contributed by atoms with Crippen LogP contribution in [0, 0.1) is 11.8 Å². The van der Waals surface area contributed by atoms with E-state index in [0.717, 1.165) is 18.5 Å². The van der Waals surface area contributed by atoms with Crippen LogP contribution in [0.3, 0.4) is 0 Å². The van der Waals surface area contributed by atoms with Crippen molar-refractivity contribution in [3.8, 4) is 0 Å². The molecule has 0 aliphatic carbocycles. The summed E-state index contributed by atoms with van der Waals surface area (Å²) in [6.45, 7) is 8.14. The molecule has 3 nitrogen and oxygen atoms in total. The minimum atomic E-state index is -0.000796. The highest BCUT2D eigenvalue weighted by Crippen LogP contribution is 2.14. The molecule has 1 aromatic rings. The number of amides is 1. The number of nitrogens with two attached hydrogens (primary N) is 1. The number of hydrogen-bond acceptors (Lipinski definition) is 2. The highest BCUT2D eigenvalue weighted by molar-refractivity contribution is 5.91. The molecule has 106 valence electrons. The van der Waals surface area contributed by atoms with Gasteiger partial charge >= 0.3 is 0 Å². The van der Waals surface area contributed by atoms with Gasteiger partial charge in [0, 0.05) is 17.6 Å². The van der Waals surface area contributed by atoms with Crippen molar-refractivity contribution in [2.24, 2.45) is 17.6 Å². The van der Waals surface area contributed by atoms with Crippen LogP contribution in [0.5, 0.6) is 0 Å². The molecule has 0 bridgehead atoms. The summed E-state index contributed by atoms with van der Waals surface area (Å²) in [5.41, 5.74) is 8.16. The summed E-state index contributed by atoms with van der Waals surface area (Å²) in [7, 11) is 0. The molecule has 0 fully saturated rings. The lowest BCUT2D eigenvalue weighted by Gasteiger charge is -2.14. The molecule has 1 aromatic carbocycles. The Morgan fingerprint density at radius 2 is 1.74 bits per heavy atom. The molecule has 1 atom stereocenters. The molecule has 0 aromatic heterocycles. The van der Waals surface area contributed by atoms with Gasteiger partial charge in [-0.3, -0.25) is 4.79 Å². The quantitative estimate of drug-likeness (QED) is 0.827. The summed E-state index contributed by atoms with van der Waals surface area (Å²) in [5, 5.41) is 2.88. The Kier molecular flexibility index (Phi) is 6.03. The average Bonchev–Trinajstić information content (AvgIpc) is 2.30. The van der Waals surface area contributed by atoms with Gasteiger partial charge in [-0.05, 0) is 36.5 Å². The Morgan fingerprint density at radius 3 is 2.21 bits per heavy atom. The Hall–Kier alpha value is -1.35. The van der Waals surface area contributed by atoms with Gasteiger partial charge in [0.25, 0.3) is 0 Å². The minimum Gasteiger partial charge on any atom is -0.327 e. The lowest BCUT2D eigenvalue weighted by atomic mass is 9.98. The van der Waals surface area contributed by atoms with Crippen molar-refractivity contribution in [2.45, 2.75) is 46.6 Å². The molecule has 0 aliphatic heterocycles. The smallest absolute Gasteiger partial charge is 0.226 e. The molecule has 3 N–H and O–H groups in total. The minimum absolute atomic E-state index is 0.000796. The van der Waals surface area contributed by atoms with E-state index in [4.69, 9.17) is 5.73 Å². The Labute approximate surface area is 116 Å². The number of anilines is 1. The van der Waals surface area contributed by atoms with Crippen LogP contribution in [0.4, 0.5) is 5.69 Å². The first kappa shape index (κ1) is 15.7. The van der Waals surface area contributed by atoms with E-state index in [2.05, 4.69) is 19.2 Å². The zero-order chi connectivity index (χ0) is 14.4. The zero-order valence-corrected chi connectivity index (χ0v) is 12.4. The standard InChI is InChI=1S/C16H26N2O/c1-11(2)9-14(17)10-13-5-7-15(8-6-13)18-16(19)12(3)4/h5-8,11-12,14H,9-10,17H2,1-4H3,(H,18,19). The van der Waals surface area contributed by atoms with Gasteiger partial charge in [-0.1, -0.05) is 39.8 Å². The van der Waals surface area contributed by atoms with Crippen LogP contribution >= 0.6 is 0 Å². The fraction of sp³-hybridized carbons (Fsp3) is 0.562. The lowest BCUT2D eigenvalue weighted by molar-refractivity contribution is -0.118. The van der Waals surface area contributed by atoms with E-state index in [-0.39, 0.29) is 17.9 Å². The van der Waals surface area contributed by atoms with Crippen molar-refractivity contribution in [3.63, 3.8) is 0 Å². The van der Waals surface area contributed by atoms with Gasteiger partial charge in [-0.15, -0.1) is 0 Å². The largest absolute Gasteiger partial charge is 0.327 e. The van der Waals surface area contributed by atoms with E-state index in [1.807, 2.05) is 38.1 Å². The highest BCUT2D eigenvalue weighted by atomic mass is 16.1. The third-order valence-electron chi connectivity index (χ3n) is 3.02. The van der Waals surface area contributed by atoms with Gasteiger partial charge in [0.1, 0.15) is 0 Å². The number of carbonyl (C=O) groups is 1. The van der Waals surface area contributed by atoms with E-state index < -0.39 is 0 Å². The van der Waals surface area contributed by atoms with Gasteiger partial charge in [0.05, 0.1) is 0 Å².